The fourth-order valence-corrected chi connectivity index (χ4v) is 10.3. The van der Waals surface area contributed by atoms with E-state index in [-0.39, 0.29) is 5.92 Å². The van der Waals surface area contributed by atoms with Crippen molar-refractivity contribution in [3.63, 3.8) is 0 Å². The van der Waals surface area contributed by atoms with E-state index in [0.29, 0.717) is 0 Å². The molecule has 0 saturated heterocycles. The van der Waals surface area contributed by atoms with Crippen LogP contribution in [0.4, 0.5) is 17.1 Å². The van der Waals surface area contributed by atoms with E-state index in [1.807, 2.05) is 0 Å². The summed E-state index contributed by atoms with van der Waals surface area (Å²) in [6.07, 6.45) is 5.89. The molecule has 9 aromatic rings. The molecule has 2 aliphatic rings. The molecule has 0 N–H and O–H groups in total. The smallest absolute Gasteiger partial charge is 0.0713 e. The van der Waals surface area contributed by atoms with Crippen molar-refractivity contribution < 1.29 is 0 Å². The van der Waals surface area contributed by atoms with Crippen LogP contribution >= 0.6 is 0 Å². The van der Waals surface area contributed by atoms with Crippen LogP contribution in [0.25, 0.3) is 39.6 Å². The molecule has 9 aromatic carbocycles. The normalized spacial score (nSPS) is 15.1. The van der Waals surface area contributed by atoms with Gasteiger partial charge in [-0.2, -0.15) is 0 Å². The lowest BCUT2D eigenvalue weighted by molar-refractivity contribution is 0.693. The van der Waals surface area contributed by atoms with Crippen LogP contribution < -0.4 is 4.90 Å². The second-order valence-corrected chi connectivity index (χ2v) is 16.5. The third-order valence-electron chi connectivity index (χ3n) is 13.0. The van der Waals surface area contributed by atoms with Gasteiger partial charge in [-0.15, -0.1) is 0 Å². The molecule has 0 heterocycles. The maximum atomic E-state index is 2.53. The summed E-state index contributed by atoms with van der Waals surface area (Å²) in [4.78, 5) is 2.42. The topological polar surface area (TPSA) is 3.24 Å². The SMILES string of the molecule is CC1Cc2ccc3cccc(N(c4ccccc4)c4ccccc4)c3c2C=C1/C(=C/c1ccccc1)c1cccc(C2(c3ccccc3)c3ccccc3-c3ccccc32)c1. The van der Waals surface area contributed by atoms with Crippen molar-refractivity contribution in [1.29, 1.82) is 0 Å². The first kappa shape index (κ1) is 36.6. The molecule has 11 rings (SSSR count). The van der Waals surface area contributed by atoms with Crippen molar-refractivity contribution >= 4 is 45.6 Å². The minimum absolute atomic E-state index is 0.283. The number of para-hydroxylation sites is 2. The number of benzene rings is 9. The van der Waals surface area contributed by atoms with Gasteiger partial charge in [0.05, 0.1) is 11.1 Å². The molecule has 0 bridgehead atoms. The molecule has 61 heavy (non-hydrogen) atoms. The maximum Gasteiger partial charge on any atom is 0.0713 e. The van der Waals surface area contributed by atoms with Gasteiger partial charge >= 0.3 is 0 Å². The summed E-state index contributed by atoms with van der Waals surface area (Å²) in [5.41, 5.74) is 18.5. The monoisotopic (exact) mass is 779 g/mol. The van der Waals surface area contributed by atoms with Crippen LogP contribution in [0.5, 0.6) is 0 Å². The van der Waals surface area contributed by atoms with Gasteiger partial charge in [-0.3, -0.25) is 0 Å². The van der Waals surface area contributed by atoms with Crippen molar-refractivity contribution in [2.45, 2.75) is 18.8 Å². The first-order valence-corrected chi connectivity index (χ1v) is 21.5. The zero-order chi connectivity index (χ0) is 40.8. The average Bonchev–Trinajstić information content (AvgIpc) is 3.63. The molecule has 1 nitrogen and oxygen atoms in total. The summed E-state index contributed by atoms with van der Waals surface area (Å²) in [6.45, 7) is 2.41. The minimum Gasteiger partial charge on any atom is -0.310 e. The average molecular weight is 780 g/mol. The van der Waals surface area contributed by atoms with E-state index in [9.17, 15) is 0 Å². The summed E-state index contributed by atoms with van der Waals surface area (Å²) in [6, 6.07) is 82.5. The molecule has 0 radical (unpaired) electrons. The summed E-state index contributed by atoms with van der Waals surface area (Å²) in [5, 5.41) is 2.50. The highest BCUT2D eigenvalue weighted by molar-refractivity contribution is 6.07. The van der Waals surface area contributed by atoms with E-state index < -0.39 is 5.41 Å². The molecular weight excluding hydrogens is 735 g/mol. The number of hydrogen-bond acceptors (Lipinski definition) is 1. The van der Waals surface area contributed by atoms with E-state index in [1.165, 1.54) is 83.2 Å². The summed E-state index contributed by atoms with van der Waals surface area (Å²) < 4.78 is 0. The molecule has 290 valence electrons. The summed E-state index contributed by atoms with van der Waals surface area (Å²) in [7, 11) is 0. The lowest BCUT2D eigenvalue weighted by atomic mass is 9.67. The maximum absolute atomic E-state index is 2.53. The first-order chi connectivity index (χ1) is 30.2. The third-order valence-corrected chi connectivity index (χ3v) is 13.0. The van der Waals surface area contributed by atoms with Gasteiger partial charge in [0.2, 0.25) is 0 Å². The molecule has 2 aliphatic carbocycles. The number of hydrogen-bond donors (Lipinski definition) is 0. The van der Waals surface area contributed by atoms with Crippen LogP contribution in [0.1, 0.15) is 51.4 Å². The van der Waals surface area contributed by atoms with Crippen molar-refractivity contribution in [3.8, 4) is 11.1 Å². The largest absolute Gasteiger partial charge is 0.310 e. The Kier molecular flexibility index (Phi) is 9.16. The fraction of sp³-hybridized carbons (Fsp3) is 0.0667. The Bertz CT molecular complexity index is 3020. The van der Waals surface area contributed by atoms with Crippen LogP contribution in [-0.2, 0) is 11.8 Å². The van der Waals surface area contributed by atoms with Gasteiger partial charge in [-0.25, -0.2) is 0 Å². The van der Waals surface area contributed by atoms with Gasteiger partial charge in [0.15, 0.2) is 0 Å². The Morgan fingerprint density at radius 3 is 1.74 bits per heavy atom. The predicted octanol–water partition coefficient (Wildman–Crippen LogP) is 15.5. The molecular formula is C60H45N. The number of rotatable bonds is 8. The zero-order valence-electron chi connectivity index (χ0n) is 34.2. The standard InChI is InChI=1S/C60H45N/c1-42-38-46-37-36-44-22-19-35-58(61(49-27-10-4-11-28-49)50-29-12-5-13-30-50)59(44)55(46)41-53(42)54(39-43-20-6-2-7-21-43)45-23-18-26-48(40-45)60(47-24-8-3-9-25-47)56-33-16-14-31-51(56)52-32-15-17-34-57(52)60/h2-37,39-42H,38H2,1H3/b54-39+. The van der Waals surface area contributed by atoms with Gasteiger partial charge in [-0.05, 0) is 133 Å². The van der Waals surface area contributed by atoms with Gasteiger partial charge in [0.1, 0.15) is 0 Å². The van der Waals surface area contributed by atoms with Crippen LogP contribution in [0, 0.1) is 5.92 Å². The third kappa shape index (κ3) is 6.16. The van der Waals surface area contributed by atoms with Gasteiger partial charge in [0, 0.05) is 16.8 Å². The van der Waals surface area contributed by atoms with Crippen molar-refractivity contribution in [2.75, 3.05) is 4.90 Å². The number of nitrogens with zero attached hydrogens (tertiary/aromatic N) is 1. The van der Waals surface area contributed by atoms with Crippen molar-refractivity contribution in [3.05, 3.63) is 275 Å². The Labute approximate surface area is 359 Å². The zero-order valence-corrected chi connectivity index (χ0v) is 34.2. The molecule has 1 unspecified atom stereocenters. The van der Waals surface area contributed by atoms with Crippen LogP contribution in [0.15, 0.2) is 230 Å². The molecule has 0 aromatic heterocycles. The van der Waals surface area contributed by atoms with Gasteiger partial charge in [0.25, 0.3) is 0 Å². The molecule has 0 fully saturated rings. The highest BCUT2D eigenvalue weighted by Crippen LogP contribution is 2.56. The fourth-order valence-electron chi connectivity index (χ4n) is 10.3. The molecule has 1 heteroatoms. The van der Waals surface area contributed by atoms with Crippen molar-refractivity contribution in [2.24, 2.45) is 5.92 Å². The highest BCUT2D eigenvalue weighted by Gasteiger charge is 2.46. The second kappa shape index (κ2) is 15.3. The van der Waals surface area contributed by atoms with Crippen LogP contribution in [-0.4, -0.2) is 0 Å². The van der Waals surface area contributed by atoms with E-state index in [2.05, 4.69) is 248 Å². The molecule has 0 spiro atoms. The lowest BCUT2D eigenvalue weighted by Gasteiger charge is -2.34. The van der Waals surface area contributed by atoms with Gasteiger partial charge < -0.3 is 4.90 Å². The highest BCUT2D eigenvalue weighted by atomic mass is 15.1. The predicted molar refractivity (Wildman–Crippen MR) is 258 cm³/mol. The Hall–Kier alpha value is -7.48. The van der Waals surface area contributed by atoms with Crippen LogP contribution in [0.2, 0.25) is 0 Å². The molecule has 1 atom stereocenters. The first-order valence-electron chi connectivity index (χ1n) is 21.5. The van der Waals surface area contributed by atoms with Crippen LogP contribution in [0.3, 0.4) is 0 Å². The number of fused-ring (bicyclic) bond motifs is 6. The Morgan fingerprint density at radius 2 is 1.08 bits per heavy atom. The quantitative estimate of drug-likeness (QED) is 0.139. The Morgan fingerprint density at radius 1 is 0.525 bits per heavy atom. The van der Waals surface area contributed by atoms with E-state index in [4.69, 9.17) is 0 Å². The molecule has 0 aliphatic heterocycles. The second-order valence-electron chi connectivity index (χ2n) is 16.5. The van der Waals surface area contributed by atoms with Gasteiger partial charge in [-0.1, -0.05) is 195 Å². The molecule has 0 saturated carbocycles. The summed E-state index contributed by atoms with van der Waals surface area (Å²) >= 11 is 0. The lowest BCUT2D eigenvalue weighted by Crippen LogP contribution is -2.28. The van der Waals surface area contributed by atoms with E-state index in [1.54, 1.807) is 0 Å². The summed E-state index contributed by atoms with van der Waals surface area (Å²) in [5.74, 6) is 0.283. The molecule has 0 amide bonds. The van der Waals surface area contributed by atoms with E-state index >= 15 is 0 Å². The minimum atomic E-state index is -0.481. The number of allylic oxidation sites excluding steroid dienone is 2. The Balaban J connectivity index is 1.15. The van der Waals surface area contributed by atoms with E-state index in [0.717, 1.165) is 17.8 Å². The number of anilines is 3. The van der Waals surface area contributed by atoms with Crippen molar-refractivity contribution in [1.82, 2.24) is 0 Å².